The minimum atomic E-state index is -0.146. The van der Waals surface area contributed by atoms with E-state index < -0.39 is 0 Å². The van der Waals surface area contributed by atoms with Gasteiger partial charge in [0.2, 0.25) is 5.91 Å². The van der Waals surface area contributed by atoms with Gasteiger partial charge in [-0.1, -0.05) is 11.6 Å². The Hall–Kier alpha value is -1.72. The van der Waals surface area contributed by atoms with Crippen LogP contribution in [-0.4, -0.2) is 39.4 Å². The summed E-state index contributed by atoms with van der Waals surface area (Å²) in [4.78, 5) is 11.9. The zero-order valence-electron chi connectivity index (χ0n) is 14.8. The molecule has 0 saturated heterocycles. The smallest absolute Gasteiger partial charge is 0.244 e. The molecule has 1 fully saturated rings. The summed E-state index contributed by atoms with van der Waals surface area (Å²) in [5.41, 5.74) is 0.775. The standard InChI is InChI=1S/C19H26ClNO4/c1-3-25-17-12-15(11-16(20)19(17)23-2)7-8-18(22)21-9-4-10-24-13-14-5-6-14/h7-8,11-12,14H,3-6,9-10,13H2,1-2H3,(H,21,22)/b8-7+. The third-order valence-corrected chi connectivity index (χ3v) is 4.06. The lowest BCUT2D eigenvalue weighted by Crippen LogP contribution is -2.23. The van der Waals surface area contributed by atoms with Crippen molar-refractivity contribution in [3.8, 4) is 11.5 Å². The molecule has 6 heteroatoms. The SMILES string of the molecule is CCOc1cc(/C=C/C(=O)NCCCOCC2CC2)cc(Cl)c1OC. The van der Waals surface area contributed by atoms with Crippen LogP contribution in [0.4, 0.5) is 0 Å². The number of carbonyl (C=O) groups excluding carboxylic acids is 1. The van der Waals surface area contributed by atoms with Crippen molar-refractivity contribution in [1.82, 2.24) is 5.32 Å². The molecule has 1 N–H and O–H groups in total. The van der Waals surface area contributed by atoms with Gasteiger partial charge in [0.15, 0.2) is 11.5 Å². The van der Waals surface area contributed by atoms with E-state index in [9.17, 15) is 4.79 Å². The van der Waals surface area contributed by atoms with Crippen LogP contribution < -0.4 is 14.8 Å². The van der Waals surface area contributed by atoms with E-state index in [1.54, 1.807) is 25.3 Å². The van der Waals surface area contributed by atoms with Crippen LogP contribution in [0.3, 0.4) is 0 Å². The van der Waals surface area contributed by atoms with Gasteiger partial charge in [0.05, 0.1) is 18.7 Å². The Labute approximate surface area is 154 Å². The van der Waals surface area contributed by atoms with E-state index in [1.165, 1.54) is 18.9 Å². The lowest BCUT2D eigenvalue weighted by Gasteiger charge is -2.11. The van der Waals surface area contributed by atoms with E-state index in [-0.39, 0.29) is 5.91 Å². The molecule has 0 bridgehead atoms. The van der Waals surface area contributed by atoms with Crippen LogP contribution in [-0.2, 0) is 9.53 Å². The van der Waals surface area contributed by atoms with Crippen molar-refractivity contribution < 1.29 is 19.0 Å². The fraction of sp³-hybridized carbons (Fsp3) is 0.526. The van der Waals surface area contributed by atoms with E-state index in [0.29, 0.717) is 36.3 Å². The maximum atomic E-state index is 11.9. The van der Waals surface area contributed by atoms with E-state index in [1.807, 2.05) is 6.92 Å². The van der Waals surface area contributed by atoms with Crippen molar-refractivity contribution in [3.63, 3.8) is 0 Å². The Bertz CT molecular complexity index is 599. The molecular weight excluding hydrogens is 342 g/mol. The molecule has 1 aromatic carbocycles. The number of amides is 1. The highest BCUT2D eigenvalue weighted by atomic mass is 35.5. The molecule has 1 aromatic rings. The minimum absolute atomic E-state index is 0.146. The zero-order chi connectivity index (χ0) is 18.1. The Morgan fingerprint density at radius 2 is 2.20 bits per heavy atom. The monoisotopic (exact) mass is 367 g/mol. The van der Waals surface area contributed by atoms with Crippen LogP contribution in [0, 0.1) is 5.92 Å². The lowest BCUT2D eigenvalue weighted by atomic mass is 10.2. The summed E-state index contributed by atoms with van der Waals surface area (Å²) in [5.74, 6) is 1.68. The number of rotatable bonds is 11. The summed E-state index contributed by atoms with van der Waals surface area (Å²) in [5, 5.41) is 3.28. The number of ether oxygens (including phenoxy) is 3. The Balaban J connectivity index is 1.77. The molecule has 0 spiro atoms. The van der Waals surface area contributed by atoms with Gasteiger partial charge in [-0.2, -0.15) is 0 Å². The van der Waals surface area contributed by atoms with Gasteiger partial charge in [-0.05, 0) is 55.9 Å². The van der Waals surface area contributed by atoms with Gasteiger partial charge in [-0.3, -0.25) is 4.79 Å². The van der Waals surface area contributed by atoms with E-state index in [0.717, 1.165) is 24.5 Å². The number of nitrogens with one attached hydrogen (secondary N) is 1. The summed E-state index contributed by atoms with van der Waals surface area (Å²) in [7, 11) is 1.54. The van der Waals surface area contributed by atoms with E-state index >= 15 is 0 Å². The summed E-state index contributed by atoms with van der Waals surface area (Å²) in [6, 6.07) is 3.53. The molecular formula is C19H26ClNO4. The summed E-state index contributed by atoms with van der Waals surface area (Å²) >= 11 is 6.19. The number of halogens is 1. The molecule has 0 unspecified atom stereocenters. The van der Waals surface area contributed by atoms with Gasteiger partial charge in [0.1, 0.15) is 0 Å². The maximum absolute atomic E-state index is 11.9. The molecule has 0 aliphatic heterocycles. The Morgan fingerprint density at radius 1 is 1.40 bits per heavy atom. The number of carbonyl (C=O) groups is 1. The highest BCUT2D eigenvalue weighted by Gasteiger charge is 2.20. The van der Waals surface area contributed by atoms with Crippen LogP contribution in [0.15, 0.2) is 18.2 Å². The third-order valence-electron chi connectivity index (χ3n) is 3.78. The quantitative estimate of drug-likeness (QED) is 0.478. The molecule has 2 rings (SSSR count). The van der Waals surface area contributed by atoms with E-state index in [4.69, 9.17) is 25.8 Å². The van der Waals surface area contributed by atoms with Gasteiger partial charge < -0.3 is 19.5 Å². The second-order valence-corrected chi connectivity index (χ2v) is 6.37. The Morgan fingerprint density at radius 3 is 2.88 bits per heavy atom. The van der Waals surface area contributed by atoms with Crippen molar-refractivity contribution in [2.45, 2.75) is 26.2 Å². The van der Waals surface area contributed by atoms with Crippen LogP contribution in [0.5, 0.6) is 11.5 Å². The summed E-state index contributed by atoms with van der Waals surface area (Å²) in [6.45, 7) is 4.53. The van der Waals surface area contributed by atoms with Crippen LogP contribution in [0.1, 0.15) is 31.7 Å². The first kappa shape index (κ1) is 19.6. The largest absolute Gasteiger partial charge is 0.491 e. The fourth-order valence-electron chi connectivity index (χ4n) is 2.30. The third kappa shape index (κ3) is 6.96. The van der Waals surface area contributed by atoms with Crippen molar-refractivity contribution in [1.29, 1.82) is 0 Å². The molecule has 138 valence electrons. The number of methoxy groups -OCH3 is 1. The van der Waals surface area contributed by atoms with Crippen LogP contribution in [0.25, 0.3) is 6.08 Å². The molecule has 1 aliphatic rings. The van der Waals surface area contributed by atoms with Gasteiger partial charge in [0.25, 0.3) is 0 Å². The molecule has 5 nitrogen and oxygen atoms in total. The van der Waals surface area contributed by atoms with Gasteiger partial charge in [-0.15, -0.1) is 0 Å². The van der Waals surface area contributed by atoms with E-state index in [2.05, 4.69) is 5.32 Å². The highest BCUT2D eigenvalue weighted by molar-refractivity contribution is 6.32. The maximum Gasteiger partial charge on any atom is 0.244 e. The Kier molecular flexibility index (Phi) is 8.09. The molecule has 0 heterocycles. The number of benzene rings is 1. The van der Waals surface area contributed by atoms with Crippen LogP contribution >= 0.6 is 11.6 Å². The molecule has 1 saturated carbocycles. The molecule has 25 heavy (non-hydrogen) atoms. The zero-order valence-corrected chi connectivity index (χ0v) is 15.6. The summed E-state index contributed by atoms with van der Waals surface area (Å²) < 4.78 is 16.3. The molecule has 1 amide bonds. The first-order chi connectivity index (χ1) is 12.1. The summed E-state index contributed by atoms with van der Waals surface area (Å²) in [6.07, 6.45) is 6.59. The molecule has 1 aliphatic carbocycles. The lowest BCUT2D eigenvalue weighted by molar-refractivity contribution is -0.116. The van der Waals surface area contributed by atoms with Gasteiger partial charge in [0, 0.05) is 25.8 Å². The van der Waals surface area contributed by atoms with Gasteiger partial charge >= 0.3 is 0 Å². The second-order valence-electron chi connectivity index (χ2n) is 5.96. The highest BCUT2D eigenvalue weighted by Crippen LogP contribution is 2.36. The van der Waals surface area contributed by atoms with Crippen molar-refractivity contribution in [2.75, 3.05) is 33.5 Å². The van der Waals surface area contributed by atoms with Crippen molar-refractivity contribution >= 4 is 23.6 Å². The normalized spacial score (nSPS) is 13.9. The average Bonchev–Trinajstić information content (AvgIpc) is 3.40. The van der Waals surface area contributed by atoms with Crippen molar-refractivity contribution in [3.05, 3.63) is 28.8 Å². The fourth-order valence-corrected chi connectivity index (χ4v) is 2.59. The first-order valence-corrected chi connectivity index (χ1v) is 9.05. The minimum Gasteiger partial charge on any atom is -0.491 e. The first-order valence-electron chi connectivity index (χ1n) is 8.68. The second kappa shape index (κ2) is 10.3. The molecule has 0 radical (unpaired) electrons. The molecule has 0 atom stereocenters. The molecule has 0 aromatic heterocycles. The average molecular weight is 368 g/mol. The predicted octanol–water partition coefficient (Wildman–Crippen LogP) is 3.69. The van der Waals surface area contributed by atoms with Crippen molar-refractivity contribution in [2.24, 2.45) is 5.92 Å². The number of hydrogen-bond donors (Lipinski definition) is 1. The predicted molar refractivity (Wildman–Crippen MR) is 99.4 cm³/mol. The topological polar surface area (TPSA) is 56.8 Å². The van der Waals surface area contributed by atoms with Gasteiger partial charge in [-0.25, -0.2) is 0 Å². The van der Waals surface area contributed by atoms with Crippen LogP contribution in [0.2, 0.25) is 5.02 Å². The number of hydrogen-bond acceptors (Lipinski definition) is 4.